The molecule has 2 aromatic rings. The lowest BCUT2D eigenvalue weighted by atomic mass is 10.1. The van der Waals surface area contributed by atoms with Crippen LogP contribution in [-0.4, -0.2) is 28.0 Å². The van der Waals surface area contributed by atoms with E-state index in [4.69, 9.17) is 11.6 Å². The van der Waals surface area contributed by atoms with Crippen LogP contribution in [0.15, 0.2) is 18.2 Å². The molecule has 0 unspecified atom stereocenters. The lowest BCUT2D eigenvalue weighted by Crippen LogP contribution is -2.21. The number of anilines is 1. The number of hydrogen-bond donors (Lipinski definition) is 0. The van der Waals surface area contributed by atoms with E-state index < -0.39 is 0 Å². The fourth-order valence-corrected chi connectivity index (χ4v) is 2.55. The highest BCUT2D eigenvalue weighted by atomic mass is 35.5. The van der Waals surface area contributed by atoms with Crippen molar-refractivity contribution in [2.75, 3.05) is 18.0 Å². The third kappa shape index (κ3) is 2.72. The van der Waals surface area contributed by atoms with Gasteiger partial charge in [0.15, 0.2) is 5.82 Å². The van der Waals surface area contributed by atoms with E-state index in [-0.39, 0.29) is 11.1 Å². The monoisotopic (exact) mass is 292 g/mol. The Balaban J connectivity index is 2.04. The fourth-order valence-electron chi connectivity index (χ4n) is 2.39. The van der Waals surface area contributed by atoms with Gasteiger partial charge in [-0.3, -0.25) is 0 Å². The molecule has 6 heteroatoms. The van der Waals surface area contributed by atoms with Crippen molar-refractivity contribution in [2.45, 2.75) is 19.8 Å². The molecule has 104 valence electrons. The van der Waals surface area contributed by atoms with Gasteiger partial charge < -0.3 is 4.90 Å². The van der Waals surface area contributed by atoms with Crippen molar-refractivity contribution in [2.24, 2.45) is 0 Å². The van der Waals surface area contributed by atoms with Gasteiger partial charge in [-0.15, -0.1) is 0 Å². The summed E-state index contributed by atoms with van der Waals surface area (Å²) in [5, 5.41) is 0.138. The molecule has 3 rings (SSSR count). The molecule has 1 fully saturated rings. The zero-order valence-electron chi connectivity index (χ0n) is 11.1. The first kappa shape index (κ1) is 13.2. The maximum absolute atomic E-state index is 13.5. The number of aromatic nitrogens is 3. The molecule has 4 nitrogen and oxygen atoms in total. The fraction of sp³-hybridized carbons (Fsp3) is 0.357. The minimum atomic E-state index is -0.306. The number of nitrogens with zero attached hydrogens (tertiary/aromatic N) is 4. The van der Waals surface area contributed by atoms with Crippen molar-refractivity contribution in [1.29, 1.82) is 0 Å². The second-order valence-corrected chi connectivity index (χ2v) is 5.28. The van der Waals surface area contributed by atoms with Crippen molar-refractivity contribution < 1.29 is 4.39 Å². The van der Waals surface area contributed by atoms with Crippen molar-refractivity contribution in [3.8, 4) is 11.4 Å². The maximum atomic E-state index is 13.5. The molecule has 1 aliphatic heterocycles. The number of hydrogen-bond acceptors (Lipinski definition) is 4. The zero-order chi connectivity index (χ0) is 14.1. The van der Waals surface area contributed by atoms with Crippen LogP contribution in [0, 0.1) is 12.7 Å². The Kier molecular flexibility index (Phi) is 3.53. The topological polar surface area (TPSA) is 41.9 Å². The quantitative estimate of drug-likeness (QED) is 0.852. The molecule has 20 heavy (non-hydrogen) atoms. The van der Waals surface area contributed by atoms with E-state index in [2.05, 4.69) is 19.9 Å². The molecule has 2 heterocycles. The highest BCUT2D eigenvalue weighted by Crippen LogP contribution is 2.23. The smallest absolute Gasteiger partial charge is 0.230 e. The van der Waals surface area contributed by atoms with Crippen molar-refractivity contribution in [3.05, 3.63) is 34.9 Å². The first-order valence-corrected chi connectivity index (χ1v) is 6.94. The second-order valence-electron chi connectivity index (χ2n) is 4.94. The summed E-state index contributed by atoms with van der Waals surface area (Å²) in [6, 6.07) is 4.71. The SMILES string of the molecule is Cc1cc(F)cc(-c2nc(Cl)nc(N3CCCC3)n2)c1. The van der Waals surface area contributed by atoms with Gasteiger partial charge in [-0.1, -0.05) is 0 Å². The van der Waals surface area contributed by atoms with Gasteiger partial charge in [0.2, 0.25) is 11.2 Å². The van der Waals surface area contributed by atoms with Crippen LogP contribution in [0.3, 0.4) is 0 Å². The molecular weight excluding hydrogens is 279 g/mol. The number of rotatable bonds is 2. The van der Waals surface area contributed by atoms with Crippen LogP contribution in [0.1, 0.15) is 18.4 Å². The normalized spacial score (nSPS) is 14.8. The van der Waals surface area contributed by atoms with Gasteiger partial charge >= 0.3 is 0 Å². The molecule has 1 aromatic carbocycles. The predicted molar refractivity (Wildman–Crippen MR) is 76.4 cm³/mol. The summed E-state index contributed by atoms with van der Waals surface area (Å²) in [5.41, 5.74) is 1.44. The molecular formula is C14H14ClFN4. The molecule has 0 saturated carbocycles. The number of halogens is 2. The Morgan fingerprint density at radius 3 is 2.55 bits per heavy atom. The van der Waals surface area contributed by atoms with Crippen LogP contribution in [0.5, 0.6) is 0 Å². The van der Waals surface area contributed by atoms with Crippen molar-refractivity contribution >= 4 is 17.5 Å². The molecule has 1 saturated heterocycles. The number of aryl methyl sites for hydroxylation is 1. The lowest BCUT2D eigenvalue weighted by molar-refractivity contribution is 0.627. The Morgan fingerprint density at radius 2 is 1.85 bits per heavy atom. The summed E-state index contributed by atoms with van der Waals surface area (Å²) in [6.07, 6.45) is 2.25. The predicted octanol–water partition coefficient (Wildman–Crippen LogP) is 3.24. The van der Waals surface area contributed by atoms with Crippen LogP contribution in [-0.2, 0) is 0 Å². The molecule has 1 aromatic heterocycles. The first-order chi connectivity index (χ1) is 9.61. The third-order valence-corrected chi connectivity index (χ3v) is 3.45. The molecule has 1 aliphatic rings. The average Bonchev–Trinajstić information content (AvgIpc) is 2.90. The van der Waals surface area contributed by atoms with E-state index in [1.807, 2.05) is 13.0 Å². The Hall–Kier alpha value is -1.75. The van der Waals surface area contributed by atoms with Gasteiger partial charge in [0.25, 0.3) is 0 Å². The Labute approximate surface area is 121 Å². The van der Waals surface area contributed by atoms with Crippen molar-refractivity contribution in [3.63, 3.8) is 0 Å². The van der Waals surface area contributed by atoms with Crippen LogP contribution in [0.25, 0.3) is 11.4 Å². The minimum Gasteiger partial charge on any atom is -0.341 e. The Morgan fingerprint density at radius 1 is 1.10 bits per heavy atom. The van der Waals surface area contributed by atoms with Crippen LogP contribution in [0.4, 0.5) is 10.3 Å². The molecule has 0 N–H and O–H groups in total. The summed E-state index contributed by atoms with van der Waals surface area (Å²) in [4.78, 5) is 14.8. The van der Waals surface area contributed by atoms with E-state index in [0.717, 1.165) is 31.5 Å². The summed E-state index contributed by atoms with van der Waals surface area (Å²) >= 11 is 5.98. The van der Waals surface area contributed by atoms with Crippen molar-refractivity contribution in [1.82, 2.24) is 15.0 Å². The molecule has 0 radical (unpaired) electrons. The van der Waals surface area contributed by atoms with E-state index >= 15 is 0 Å². The molecule has 0 atom stereocenters. The summed E-state index contributed by atoms with van der Waals surface area (Å²) in [7, 11) is 0. The highest BCUT2D eigenvalue weighted by Gasteiger charge is 2.17. The van der Waals surface area contributed by atoms with Gasteiger partial charge in [0, 0.05) is 18.7 Å². The molecule has 0 amide bonds. The minimum absolute atomic E-state index is 0.138. The van der Waals surface area contributed by atoms with E-state index in [1.54, 1.807) is 0 Å². The Bertz CT molecular complexity index is 621. The third-order valence-electron chi connectivity index (χ3n) is 3.29. The highest BCUT2D eigenvalue weighted by molar-refractivity contribution is 6.28. The van der Waals surface area contributed by atoms with Crippen LogP contribution in [0.2, 0.25) is 5.28 Å². The molecule has 0 aliphatic carbocycles. The standard InChI is InChI=1S/C14H14ClFN4/c1-9-6-10(8-11(16)7-9)12-17-13(15)19-14(18-12)20-4-2-3-5-20/h6-8H,2-5H2,1H3. The summed E-state index contributed by atoms with van der Waals surface area (Å²) < 4.78 is 13.5. The van der Waals surface area contributed by atoms with Gasteiger partial charge in [-0.05, 0) is 55.1 Å². The van der Waals surface area contributed by atoms with E-state index in [9.17, 15) is 4.39 Å². The van der Waals surface area contributed by atoms with Crippen LogP contribution < -0.4 is 4.90 Å². The first-order valence-electron chi connectivity index (χ1n) is 6.56. The molecule has 0 bridgehead atoms. The van der Waals surface area contributed by atoms with E-state index in [0.29, 0.717) is 17.3 Å². The van der Waals surface area contributed by atoms with Gasteiger partial charge in [0.05, 0.1) is 0 Å². The average molecular weight is 293 g/mol. The number of benzene rings is 1. The van der Waals surface area contributed by atoms with Gasteiger partial charge in [-0.2, -0.15) is 15.0 Å². The van der Waals surface area contributed by atoms with Gasteiger partial charge in [0.1, 0.15) is 5.82 Å². The second kappa shape index (κ2) is 5.32. The lowest BCUT2D eigenvalue weighted by Gasteiger charge is -2.15. The summed E-state index contributed by atoms with van der Waals surface area (Å²) in [6.45, 7) is 3.67. The van der Waals surface area contributed by atoms with E-state index in [1.165, 1.54) is 12.1 Å². The summed E-state index contributed by atoms with van der Waals surface area (Å²) in [5.74, 6) is 0.674. The zero-order valence-corrected chi connectivity index (χ0v) is 11.9. The maximum Gasteiger partial charge on any atom is 0.230 e. The largest absolute Gasteiger partial charge is 0.341 e. The van der Waals surface area contributed by atoms with Gasteiger partial charge in [-0.25, -0.2) is 4.39 Å². The van der Waals surface area contributed by atoms with Crippen LogP contribution >= 0.6 is 11.6 Å². The molecule has 0 spiro atoms.